The van der Waals surface area contributed by atoms with Crippen LogP contribution in [0.5, 0.6) is 0 Å². The maximum atomic E-state index is 11.0. The number of sulfone groups is 1. The van der Waals surface area contributed by atoms with Crippen molar-refractivity contribution in [3.05, 3.63) is 12.7 Å². The third kappa shape index (κ3) is 1.82. The van der Waals surface area contributed by atoms with Gasteiger partial charge in [-0.15, -0.1) is 6.58 Å². The van der Waals surface area contributed by atoms with Crippen molar-refractivity contribution in [3.63, 3.8) is 0 Å². The molecule has 1 aliphatic rings. The number of carbonyl (C=O) groups is 1. The Hall–Kier alpha value is -0.640. The molecule has 1 aliphatic heterocycles. The normalized spacial score (nSPS) is 25.6. The molecule has 1 heterocycles. The van der Waals surface area contributed by atoms with Gasteiger partial charge in [0.25, 0.3) is 0 Å². The summed E-state index contributed by atoms with van der Waals surface area (Å²) < 4.78 is 22.0. The fourth-order valence-electron chi connectivity index (χ4n) is 1.73. The van der Waals surface area contributed by atoms with E-state index in [1.54, 1.807) is 6.08 Å². The summed E-state index contributed by atoms with van der Waals surface area (Å²) in [6, 6.07) is 0. The van der Waals surface area contributed by atoms with Crippen LogP contribution in [-0.4, -0.2) is 26.2 Å². The van der Waals surface area contributed by atoms with Crippen molar-refractivity contribution in [2.45, 2.75) is 13.3 Å². The van der Waals surface area contributed by atoms with E-state index in [0.29, 0.717) is 6.42 Å². The molecule has 74 valence electrons. The summed E-state index contributed by atoms with van der Waals surface area (Å²) in [5.74, 6) is 0.0998. The maximum absolute atomic E-state index is 11.0. The van der Waals surface area contributed by atoms with Crippen molar-refractivity contribution >= 4 is 16.1 Å². The van der Waals surface area contributed by atoms with Crippen molar-refractivity contribution in [3.8, 4) is 0 Å². The summed E-state index contributed by atoms with van der Waals surface area (Å²) in [4.78, 5) is 10.8. The summed E-state index contributed by atoms with van der Waals surface area (Å²) >= 11 is 0. The molecule has 0 aromatic carbocycles. The Balaban J connectivity index is 2.75. The summed E-state index contributed by atoms with van der Waals surface area (Å²) in [7, 11) is -2.93. The lowest BCUT2D eigenvalue weighted by molar-refractivity contribution is -0.117. The van der Waals surface area contributed by atoms with Gasteiger partial charge < -0.3 is 4.79 Å². The average Bonchev–Trinajstić information content (AvgIpc) is 1.99. The van der Waals surface area contributed by atoms with Crippen LogP contribution in [0.1, 0.15) is 13.3 Å². The van der Waals surface area contributed by atoms with Gasteiger partial charge in [-0.2, -0.15) is 0 Å². The van der Waals surface area contributed by atoms with E-state index in [0.717, 1.165) is 6.29 Å². The zero-order valence-corrected chi connectivity index (χ0v) is 8.51. The molecule has 0 spiro atoms. The van der Waals surface area contributed by atoms with Crippen molar-refractivity contribution in [2.75, 3.05) is 11.5 Å². The summed E-state index contributed by atoms with van der Waals surface area (Å²) in [6.07, 6.45) is 3.21. The van der Waals surface area contributed by atoms with Gasteiger partial charge in [-0.25, -0.2) is 8.42 Å². The summed E-state index contributed by atoms with van der Waals surface area (Å²) in [6.45, 7) is 5.47. The molecule has 0 N–H and O–H groups in total. The van der Waals surface area contributed by atoms with E-state index in [4.69, 9.17) is 0 Å². The number of hydrogen-bond acceptors (Lipinski definition) is 3. The molecule has 0 saturated carbocycles. The molecule has 1 fully saturated rings. The van der Waals surface area contributed by atoms with Crippen molar-refractivity contribution < 1.29 is 13.2 Å². The highest BCUT2D eigenvalue weighted by atomic mass is 32.2. The standard InChI is InChI=1S/C9H14O3S/c1-3-4-8(2)9(5-10)6-13(11,12)7-9/h3,5,8H,1,4,6-7H2,2H3. The van der Waals surface area contributed by atoms with Crippen LogP contribution >= 0.6 is 0 Å². The number of hydrogen-bond donors (Lipinski definition) is 0. The van der Waals surface area contributed by atoms with E-state index >= 15 is 0 Å². The third-order valence-corrected chi connectivity index (χ3v) is 4.67. The minimum Gasteiger partial charge on any atom is -0.303 e. The minimum atomic E-state index is -2.93. The predicted molar refractivity (Wildman–Crippen MR) is 51.1 cm³/mol. The molecule has 13 heavy (non-hydrogen) atoms. The lowest BCUT2D eigenvalue weighted by Crippen LogP contribution is -2.53. The molecule has 1 saturated heterocycles. The van der Waals surface area contributed by atoms with Crippen LogP contribution in [0, 0.1) is 11.3 Å². The smallest absolute Gasteiger partial charge is 0.152 e. The Kier molecular flexibility index (Phi) is 2.61. The SMILES string of the molecule is C=CCC(C)C1(C=O)CS(=O)(=O)C1. The molecule has 1 rings (SSSR count). The van der Waals surface area contributed by atoms with Gasteiger partial charge in [0.15, 0.2) is 9.84 Å². The molecule has 0 aromatic heterocycles. The second-order valence-corrected chi connectivity index (χ2v) is 5.87. The van der Waals surface area contributed by atoms with Gasteiger partial charge in [0, 0.05) is 0 Å². The van der Waals surface area contributed by atoms with Gasteiger partial charge in [0.2, 0.25) is 0 Å². The third-order valence-electron chi connectivity index (χ3n) is 2.71. The first-order valence-corrected chi connectivity index (χ1v) is 6.05. The Bertz CT molecular complexity index is 304. The number of allylic oxidation sites excluding steroid dienone is 1. The highest BCUT2D eigenvalue weighted by Gasteiger charge is 2.51. The van der Waals surface area contributed by atoms with Crippen LogP contribution < -0.4 is 0 Å². The van der Waals surface area contributed by atoms with Gasteiger partial charge in [-0.1, -0.05) is 13.0 Å². The molecule has 0 aromatic rings. The van der Waals surface area contributed by atoms with Crippen LogP contribution in [0.25, 0.3) is 0 Å². The van der Waals surface area contributed by atoms with Crippen molar-refractivity contribution in [1.82, 2.24) is 0 Å². The first-order valence-electron chi connectivity index (χ1n) is 4.23. The minimum absolute atomic E-state index is 0.0124. The van der Waals surface area contributed by atoms with E-state index < -0.39 is 15.3 Å². The second kappa shape index (κ2) is 3.25. The Labute approximate surface area is 78.8 Å². The van der Waals surface area contributed by atoms with E-state index in [-0.39, 0.29) is 17.4 Å². The van der Waals surface area contributed by atoms with Gasteiger partial charge in [0.1, 0.15) is 6.29 Å². The van der Waals surface area contributed by atoms with Crippen molar-refractivity contribution in [1.29, 1.82) is 0 Å². The summed E-state index contributed by atoms with van der Waals surface area (Å²) in [5, 5.41) is 0. The van der Waals surface area contributed by atoms with E-state index in [2.05, 4.69) is 6.58 Å². The molecule has 0 amide bonds. The van der Waals surface area contributed by atoms with Crippen LogP contribution in [-0.2, 0) is 14.6 Å². The first-order chi connectivity index (χ1) is 5.96. The number of aldehydes is 1. The van der Waals surface area contributed by atoms with Gasteiger partial charge >= 0.3 is 0 Å². The molecule has 1 atom stereocenters. The highest BCUT2D eigenvalue weighted by Crippen LogP contribution is 2.39. The monoisotopic (exact) mass is 202 g/mol. The Morgan fingerprint density at radius 3 is 2.38 bits per heavy atom. The maximum Gasteiger partial charge on any atom is 0.152 e. The average molecular weight is 202 g/mol. The first kappa shape index (κ1) is 10.4. The van der Waals surface area contributed by atoms with Gasteiger partial charge in [-0.05, 0) is 12.3 Å². The van der Waals surface area contributed by atoms with E-state index in [9.17, 15) is 13.2 Å². The van der Waals surface area contributed by atoms with Crippen LogP contribution in [0.3, 0.4) is 0 Å². The molecule has 3 nitrogen and oxygen atoms in total. The molecule has 1 unspecified atom stereocenters. The van der Waals surface area contributed by atoms with E-state index in [1.165, 1.54) is 0 Å². The number of rotatable bonds is 4. The van der Waals surface area contributed by atoms with Gasteiger partial charge in [0.05, 0.1) is 16.9 Å². The van der Waals surface area contributed by atoms with Crippen LogP contribution in [0.4, 0.5) is 0 Å². The molecule has 0 radical (unpaired) electrons. The molecular weight excluding hydrogens is 188 g/mol. The topological polar surface area (TPSA) is 51.2 Å². The molecule has 0 aliphatic carbocycles. The van der Waals surface area contributed by atoms with E-state index in [1.807, 2.05) is 6.92 Å². The lowest BCUT2D eigenvalue weighted by atomic mass is 9.78. The highest BCUT2D eigenvalue weighted by molar-refractivity contribution is 7.93. The predicted octanol–water partition coefficient (Wildman–Crippen LogP) is 0.812. The Morgan fingerprint density at radius 2 is 2.08 bits per heavy atom. The number of carbonyl (C=O) groups excluding carboxylic acids is 1. The van der Waals surface area contributed by atoms with Gasteiger partial charge in [-0.3, -0.25) is 0 Å². The molecular formula is C9H14O3S. The zero-order valence-electron chi connectivity index (χ0n) is 7.69. The van der Waals surface area contributed by atoms with Crippen molar-refractivity contribution in [2.24, 2.45) is 11.3 Å². The summed E-state index contributed by atoms with van der Waals surface area (Å²) in [5.41, 5.74) is -0.632. The quantitative estimate of drug-likeness (QED) is 0.501. The fraction of sp³-hybridized carbons (Fsp3) is 0.667. The molecule has 4 heteroatoms. The molecule has 0 bridgehead atoms. The van der Waals surface area contributed by atoms with Crippen LogP contribution in [0.2, 0.25) is 0 Å². The largest absolute Gasteiger partial charge is 0.303 e. The fourth-order valence-corrected chi connectivity index (χ4v) is 3.99. The lowest BCUT2D eigenvalue weighted by Gasteiger charge is -2.40. The zero-order chi connectivity index (χ0) is 10.1. The second-order valence-electron chi connectivity index (χ2n) is 3.81. The van der Waals surface area contributed by atoms with Crippen LogP contribution in [0.15, 0.2) is 12.7 Å². The Morgan fingerprint density at radius 1 is 1.54 bits per heavy atom.